The number of carbonyl (C=O) groups is 1. The van der Waals surface area contributed by atoms with Crippen molar-refractivity contribution < 1.29 is 18.3 Å². The van der Waals surface area contributed by atoms with E-state index in [1.54, 1.807) is 0 Å². The van der Waals surface area contributed by atoms with Crippen LogP contribution in [-0.2, 0) is 14.8 Å². The molecule has 1 fully saturated rings. The van der Waals surface area contributed by atoms with E-state index in [9.17, 15) is 13.2 Å². The molecule has 0 atom stereocenters. The zero-order valence-electron chi connectivity index (χ0n) is 8.31. The van der Waals surface area contributed by atoms with Crippen molar-refractivity contribution in [3.05, 3.63) is 0 Å². The quantitative estimate of drug-likeness (QED) is 0.728. The summed E-state index contributed by atoms with van der Waals surface area (Å²) in [6.45, 7) is 0.371. The fourth-order valence-corrected chi connectivity index (χ4v) is 3.53. The number of thioether (sulfide) groups is 1. The topological polar surface area (TPSA) is 83.5 Å². The summed E-state index contributed by atoms with van der Waals surface area (Å²) in [5.74, 6) is 0.321. The molecule has 15 heavy (non-hydrogen) atoms. The van der Waals surface area contributed by atoms with Gasteiger partial charge in [-0.15, -0.1) is 0 Å². The summed E-state index contributed by atoms with van der Waals surface area (Å²) in [6, 6.07) is 0. The van der Waals surface area contributed by atoms with Gasteiger partial charge >= 0.3 is 5.97 Å². The van der Waals surface area contributed by atoms with Crippen LogP contribution in [0.15, 0.2) is 0 Å². The fourth-order valence-electron chi connectivity index (χ4n) is 1.41. The maximum atomic E-state index is 11.2. The van der Waals surface area contributed by atoms with Crippen LogP contribution >= 0.6 is 11.8 Å². The van der Waals surface area contributed by atoms with Crippen molar-refractivity contribution in [2.45, 2.75) is 12.8 Å². The van der Waals surface area contributed by atoms with Crippen LogP contribution in [0.5, 0.6) is 0 Å². The van der Waals surface area contributed by atoms with Gasteiger partial charge in [0.1, 0.15) is 0 Å². The molecule has 0 aromatic rings. The smallest absolute Gasteiger partial charge is 0.320 e. The third kappa shape index (κ3) is 5.39. The second kappa shape index (κ2) is 5.72. The number of rotatable bonds is 5. The van der Waals surface area contributed by atoms with Crippen molar-refractivity contribution in [1.82, 2.24) is 4.72 Å². The fraction of sp³-hybridized carbons (Fsp3) is 0.875. The largest absolute Gasteiger partial charge is 0.480 e. The standard InChI is InChI=1S/C8H15NO4S2/c10-8(11)6-15(12,13)9-5-7-1-3-14-4-2-7/h7,9H,1-6H2,(H,10,11). The highest BCUT2D eigenvalue weighted by Crippen LogP contribution is 2.21. The van der Waals surface area contributed by atoms with E-state index in [1.807, 2.05) is 11.8 Å². The minimum Gasteiger partial charge on any atom is -0.480 e. The lowest BCUT2D eigenvalue weighted by Gasteiger charge is -2.21. The molecule has 7 heteroatoms. The van der Waals surface area contributed by atoms with Gasteiger partial charge in [0.2, 0.25) is 10.0 Å². The molecular formula is C8H15NO4S2. The van der Waals surface area contributed by atoms with Gasteiger partial charge in [0.25, 0.3) is 0 Å². The highest BCUT2D eigenvalue weighted by atomic mass is 32.2. The Balaban J connectivity index is 2.31. The minimum absolute atomic E-state index is 0.356. The van der Waals surface area contributed by atoms with E-state index >= 15 is 0 Å². The summed E-state index contributed by atoms with van der Waals surface area (Å²) < 4.78 is 24.7. The van der Waals surface area contributed by atoms with Crippen LogP contribution in [0.3, 0.4) is 0 Å². The summed E-state index contributed by atoms with van der Waals surface area (Å²) >= 11 is 1.87. The first-order valence-corrected chi connectivity index (χ1v) is 7.57. The minimum atomic E-state index is -3.64. The predicted octanol–water partition coefficient (Wildman–Crippen LogP) is 0.134. The van der Waals surface area contributed by atoms with E-state index in [0.717, 1.165) is 24.3 Å². The van der Waals surface area contributed by atoms with Crippen molar-refractivity contribution >= 4 is 27.8 Å². The number of nitrogens with one attached hydrogen (secondary N) is 1. The normalized spacial score (nSPS) is 18.9. The zero-order chi connectivity index (χ0) is 11.3. The Morgan fingerprint density at radius 1 is 1.40 bits per heavy atom. The zero-order valence-corrected chi connectivity index (χ0v) is 9.94. The lowest BCUT2D eigenvalue weighted by Crippen LogP contribution is -2.34. The molecule has 5 nitrogen and oxygen atoms in total. The molecule has 0 saturated carbocycles. The van der Waals surface area contributed by atoms with Crippen LogP contribution in [0, 0.1) is 5.92 Å². The van der Waals surface area contributed by atoms with Crippen LogP contribution in [0.1, 0.15) is 12.8 Å². The Kier molecular flexibility index (Phi) is 4.88. The SMILES string of the molecule is O=C(O)CS(=O)(=O)NCC1CCSCC1. The Morgan fingerprint density at radius 3 is 2.53 bits per heavy atom. The number of hydrogen-bond donors (Lipinski definition) is 2. The molecular weight excluding hydrogens is 238 g/mol. The van der Waals surface area contributed by atoms with Crippen molar-refractivity contribution in [3.8, 4) is 0 Å². The van der Waals surface area contributed by atoms with E-state index in [1.165, 1.54) is 0 Å². The summed E-state index contributed by atoms with van der Waals surface area (Å²) in [6.07, 6.45) is 2.00. The maximum Gasteiger partial charge on any atom is 0.320 e. The molecule has 1 saturated heterocycles. The van der Waals surface area contributed by atoms with Crippen LogP contribution < -0.4 is 4.72 Å². The van der Waals surface area contributed by atoms with E-state index in [2.05, 4.69) is 4.72 Å². The molecule has 0 unspecified atom stereocenters. The summed E-state index contributed by atoms with van der Waals surface area (Å²) in [4.78, 5) is 10.2. The second-order valence-corrected chi connectivity index (χ2v) is 6.59. The number of hydrogen-bond acceptors (Lipinski definition) is 4. The first-order chi connectivity index (χ1) is 6.99. The van der Waals surface area contributed by atoms with Gasteiger partial charge in [-0.1, -0.05) is 0 Å². The predicted molar refractivity (Wildman–Crippen MR) is 59.5 cm³/mol. The second-order valence-electron chi connectivity index (χ2n) is 3.56. The molecule has 0 aliphatic carbocycles. The van der Waals surface area contributed by atoms with Crippen molar-refractivity contribution in [3.63, 3.8) is 0 Å². The molecule has 0 spiro atoms. The third-order valence-corrected chi connectivity index (χ3v) is 4.53. The Hall–Kier alpha value is -0.270. The van der Waals surface area contributed by atoms with Gasteiger partial charge in [-0.2, -0.15) is 11.8 Å². The van der Waals surface area contributed by atoms with Gasteiger partial charge in [0.15, 0.2) is 5.75 Å². The molecule has 2 N–H and O–H groups in total. The Bertz CT molecular complexity index is 309. The van der Waals surface area contributed by atoms with E-state index in [0.29, 0.717) is 12.5 Å². The molecule has 0 aromatic heterocycles. The molecule has 0 radical (unpaired) electrons. The number of carboxylic acids is 1. The molecule has 88 valence electrons. The van der Waals surface area contributed by atoms with Gasteiger partial charge in [0.05, 0.1) is 0 Å². The van der Waals surface area contributed by atoms with Crippen molar-refractivity contribution in [2.24, 2.45) is 5.92 Å². The monoisotopic (exact) mass is 253 g/mol. The van der Waals surface area contributed by atoms with Gasteiger partial charge in [-0.3, -0.25) is 4.79 Å². The van der Waals surface area contributed by atoms with Gasteiger partial charge in [0, 0.05) is 6.54 Å². The van der Waals surface area contributed by atoms with Gasteiger partial charge < -0.3 is 5.11 Å². The van der Waals surface area contributed by atoms with Gasteiger partial charge in [-0.05, 0) is 30.3 Å². The molecule has 0 aromatic carbocycles. The third-order valence-electron chi connectivity index (χ3n) is 2.25. The lowest BCUT2D eigenvalue weighted by molar-refractivity contribution is -0.134. The average molecular weight is 253 g/mol. The van der Waals surface area contributed by atoms with Crippen LogP contribution in [-0.4, -0.2) is 43.3 Å². The van der Waals surface area contributed by atoms with Crippen LogP contribution in [0.25, 0.3) is 0 Å². The van der Waals surface area contributed by atoms with Crippen molar-refractivity contribution in [2.75, 3.05) is 23.8 Å². The van der Waals surface area contributed by atoms with E-state index < -0.39 is 21.7 Å². The molecule has 0 amide bonds. The maximum absolute atomic E-state index is 11.2. The number of carboxylic acid groups (broad SMARTS) is 1. The Morgan fingerprint density at radius 2 is 2.00 bits per heavy atom. The van der Waals surface area contributed by atoms with Crippen molar-refractivity contribution in [1.29, 1.82) is 0 Å². The lowest BCUT2D eigenvalue weighted by atomic mass is 10.0. The molecule has 0 bridgehead atoms. The molecule has 1 rings (SSSR count). The summed E-state index contributed by atoms with van der Waals surface area (Å²) in [5, 5.41) is 8.36. The first kappa shape index (κ1) is 12.8. The van der Waals surface area contributed by atoms with E-state index in [4.69, 9.17) is 5.11 Å². The Labute approximate surface area is 93.7 Å². The number of sulfonamides is 1. The average Bonchev–Trinajstić information content (AvgIpc) is 2.15. The summed E-state index contributed by atoms with van der Waals surface area (Å²) in [7, 11) is -3.64. The molecule has 1 heterocycles. The van der Waals surface area contributed by atoms with Crippen LogP contribution in [0.2, 0.25) is 0 Å². The molecule has 1 aliphatic rings. The summed E-state index contributed by atoms with van der Waals surface area (Å²) in [5.41, 5.74) is 0. The van der Waals surface area contributed by atoms with Crippen LogP contribution in [0.4, 0.5) is 0 Å². The molecule has 1 aliphatic heterocycles. The van der Waals surface area contributed by atoms with Gasteiger partial charge in [-0.25, -0.2) is 13.1 Å². The highest BCUT2D eigenvalue weighted by molar-refractivity contribution is 7.99. The highest BCUT2D eigenvalue weighted by Gasteiger charge is 2.19. The first-order valence-electron chi connectivity index (χ1n) is 4.76. The van der Waals surface area contributed by atoms with E-state index in [-0.39, 0.29) is 0 Å². The number of aliphatic carboxylic acids is 1.